The van der Waals surface area contributed by atoms with Gasteiger partial charge in [0.25, 0.3) is 0 Å². The molecule has 1 aromatic carbocycles. The molecule has 0 spiro atoms. The molecule has 1 aromatic heterocycles. The number of oxazole rings is 1. The highest BCUT2D eigenvalue weighted by molar-refractivity contribution is 7.90. The van der Waals surface area contributed by atoms with Crippen LogP contribution < -0.4 is 0 Å². The number of halogens is 1. The summed E-state index contributed by atoms with van der Waals surface area (Å²) in [5.74, 6) is -0.127. The monoisotopic (exact) mass is 369 g/mol. The van der Waals surface area contributed by atoms with E-state index in [1.165, 1.54) is 6.26 Å². The van der Waals surface area contributed by atoms with Crippen molar-refractivity contribution in [2.75, 3.05) is 5.75 Å². The van der Waals surface area contributed by atoms with E-state index in [2.05, 4.69) is 4.98 Å². The zero-order chi connectivity index (χ0) is 17.2. The largest absolute Gasteiger partial charge is 0.444 e. The summed E-state index contributed by atoms with van der Waals surface area (Å²) in [6.07, 6.45) is 5.22. The first kappa shape index (κ1) is 17.5. The maximum Gasteiger partial charge on any atom is 0.226 e. The second kappa shape index (κ2) is 6.86. The van der Waals surface area contributed by atoms with E-state index in [1.54, 1.807) is 24.3 Å². The highest BCUT2D eigenvalue weighted by atomic mass is 35.5. The lowest BCUT2D eigenvalue weighted by atomic mass is 9.86. The Balaban J connectivity index is 1.71. The molecule has 3 rings (SSSR count). The van der Waals surface area contributed by atoms with Gasteiger partial charge in [0.15, 0.2) is 9.84 Å². The quantitative estimate of drug-likeness (QED) is 0.870. The molecule has 0 radical (unpaired) electrons. The highest BCUT2D eigenvalue weighted by Crippen LogP contribution is 2.30. The summed E-state index contributed by atoms with van der Waals surface area (Å²) in [7, 11) is -3.47. The van der Waals surface area contributed by atoms with Crippen molar-refractivity contribution >= 4 is 21.4 Å². The van der Waals surface area contributed by atoms with E-state index >= 15 is 0 Å². The van der Waals surface area contributed by atoms with E-state index < -0.39 is 15.4 Å². The maximum atomic E-state index is 12.4. The van der Waals surface area contributed by atoms with E-state index in [0.29, 0.717) is 35.0 Å². The average Bonchev–Trinajstić information content (AvgIpc) is 2.94. The lowest BCUT2D eigenvalue weighted by Gasteiger charge is -2.31. The molecule has 130 valence electrons. The van der Waals surface area contributed by atoms with Gasteiger partial charge >= 0.3 is 0 Å². The molecule has 0 atom stereocenters. The van der Waals surface area contributed by atoms with Gasteiger partial charge in [0.05, 0.1) is 22.8 Å². The molecule has 1 fully saturated rings. The number of rotatable bonds is 5. The Morgan fingerprint density at radius 2 is 2.00 bits per heavy atom. The fourth-order valence-electron chi connectivity index (χ4n) is 3.17. The van der Waals surface area contributed by atoms with E-state index in [4.69, 9.17) is 16.0 Å². The summed E-state index contributed by atoms with van der Waals surface area (Å²) >= 11 is 5.94. The SMILES string of the molecule is O=S(=O)(Cc1coc(-c2cccc(Cl)c2)n1)CC1(O)CCCCC1. The molecule has 0 amide bonds. The number of sulfone groups is 1. The van der Waals surface area contributed by atoms with Gasteiger partial charge in [-0.25, -0.2) is 13.4 Å². The van der Waals surface area contributed by atoms with Gasteiger partial charge in [-0.3, -0.25) is 0 Å². The van der Waals surface area contributed by atoms with Gasteiger partial charge in [-0.15, -0.1) is 0 Å². The number of hydrogen-bond acceptors (Lipinski definition) is 5. The first-order valence-corrected chi connectivity index (χ1v) is 10.2. The van der Waals surface area contributed by atoms with Crippen molar-refractivity contribution in [1.29, 1.82) is 0 Å². The Labute approximate surface area is 146 Å². The molecule has 1 heterocycles. The fraction of sp³-hybridized carbons (Fsp3) is 0.471. The van der Waals surface area contributed by atoms with E-state index in [1.807, 2.05) is 0 Å². The fourth-order valence-corrected chi connectivity index (χ4v) is 5.15. The minimum Gasteiger partial charge on any atom is -0.444 e. The third-order valence-electron chi connectivity index (χ3n) is 4.26. The molecule has 0 aliphatic heterocycles. The van der Waals surface area contributed by atoms with E-state index in [9.17, 15) is 13.5 Å². The molecule has 0 saturated heterocycles. The van der Waals surface area contributed by atoms with Crippen LogP contribution in [0.3, 0.4) is 0 Å². The summed E-state index contributed by atoms with van der Waals surface area (Å²) < 4.78 is 30.2. The molecule has 1 aliphatic carbocycles. The van der Waals surface area contributed by atoms with Crippen molar-refractivity contribution in [2.24, 2.45) is 0 Å². The zero-order valence-corrected chi connectivity index (χ0v) is 14.8. The predicted octanol–water partition coefficient (Wildman–Crippen LogP) is 3.61. The minimum absolute atomic E-state index is 0.223. The van der Waals surface area contributed by atoms with Crippen LogP contribution in [0.5, 0.6) is 0 Å². The van der Waals surface area contributed by atoms with Crippen molar-refractivity contribution in [3.63, 3.8) is 0 Å². The van der Waals surface area contributed by atoms with Crippen molar-refractivity contribution in [1.82, 2.24) is 4.98 Å². The van der Waals surface area contributed by atoms with Gasteiger partial charge in [0, 0.05) is 10.6 Å². The third-order valence-corrected chi connectivity index (χ3v) is 6.21. The van der Waals surface area contributed by atoms with Crippen molar-refractivity contribution < 1.29 is 17.9 Å². The number of hydrogen-bond donors (Lipinski definition) is 1. The van der Waals surface area contributed by atoms with Crippen LogP contribution in [0.4, 0.5) is 0 Å². The van der Waals surface area contributed by atoms with Gasteiger partial charge in [-0.2, -0.15) is 0 Å². The molecule has 5 nitrogen and oxygen atoms in total. The van der Waals surface area contributed by atoms with Gasteiger partial charge < -0.3 is 9.52 Å². The Kier molecular flexibility index (Phi) is 4.99. The summed E-state index contributed by atoms with van der Waals surface area (Å²) in [6.45, 7) is 0. The molecule has 0 unspecified atom stereocenters. The Bertz CT molecular complexity index is 810. The second-order valence-corrected chi connectivity index (χ2v) is 8.97. The summed E-state index contributed by atoms with van der Waals surface area (Å²) in [5.41, 5.74) is -0.0715. The zero-order valence-electron chi connectivity index (χ0n) is 13.2. The molecule has 0 bridgehead atoms. The topological polar surface area (TPSA) is 80.4 Å². The number of benzene rings is 1. The second-order valence-electron chi connectivity index (χ2n) is 6.47. The van der Waals surface area contributed by atoms with Gasteiger partial charge in [-0.1, -0.05) is 36.9 Å². The average molecular weight is 370 g/mol. The van der Waals surface area contributed by atoms with E-state index in [-0.39, 0.29) is 11.5 Å². The van der Waals surface area contributed by atoms with Crippen LogP contribution in [0.2, 0.25) is 5.02 Å². The third kappa shape index (κ3) is 4.37. The first-order chi connectivity index (χ1) is 11.4. The smallest absolute Gasteiger partial charge is 0.226 e. The molecule has 24 heavy (non-hydrogen) atoms. The summed E-state index contributed by atoms with van der Waals surface area (Å²) in [6, 6.07) is 7.01. The molecule has 1 saturated carbocycles. The first-order valence-electron chi connectivity index (χ1n) is 7.98. The summed E-state index contributed by atoms with van der Waals surface area (Å²) in [5, 5.41) is 11.0. The van der Waals surface area contributed by atoms with Crippen molar-refractivity contribution in [2.45, 2.75) is 43.5 Å². The number of nitrogens with zero attached hydrogens (tertiary/aromatic N) is 1. The Morgan fingerprint density at radius 3 is 2.71 bits per heavy atom. The lowest BCUT2D eigenvalue weighted by molar-refractivity contribution is 0.0257. The molecular formula is C17H20ClNO4S. The molecule has 2 aromatic rings. The Morgan fingerprint density at radius 1 is 1.25 bits per heavy atom. The lowest BCUT2D eigenvalue weighted by Crippen LogP contribution is -2.39. The van der Waals surface area contributed by atoms with Crippen LogP contribution >= 0.6 is 11.6 Å². The molecule has 1 aliphatic rings. The standard InChI is InChI=1S/C17H20ClNO4S/c18-14-6-4-5-13(9-14)16-19-15(10-23-16)11-24(21,22)12-17(20)7-2-1-3-8-17/h4-6,9-10,20H,1-3,7-8,11-12H2. The summed E-state index contributed by atoms with van der Waals surface area (Å²) in [4.78, 5) is 4.24. The Hall–Kier alpha value is -1.37. The predicted molar refractivity (Wildman–Crippen MR) is 92.5 cm³/mol. The van der Waals surface area contributed by atoms with Gasteiger partial charge in [0.2, 0.25) is 5.89 Å². The van der Waals surface area contributed by atoms with Crippen LogP contribution in [0.25, 0.3) is 11.5 Å². The van der Waals surface area contributed by atoms with Crippen LogP contribution in [-0.2, 0) is 15.6 Å². The molecule has 7 heteroatoms. The van der Waals surface area contributed by atoms with Crippen LogP contribution in [0.1, 0.15) is 37.8 Å². The van der Waals surface area contributed by atoms with Gasteiger partial charge in [-0.05, 0) is 31.0 Å². The maximum absolute atomic E-state index is 12.4. The van der Waals surface area contributed by atoms with E-state index in [0.717, 1.165) is 19.3 Å². The normalized spacial score (nSPS) is 17.8. The van der Waals surface area contributed by atoms with Gasteiger partial charge in [0.1, 0.15) is 6.26 Å². The highest BCUT2D eigenvalue weighted by Gasteiger charge is 2.34. The van der Waals surface area contributed by atoms with Crippen LogP contribution in [-0.4, -0.2) is 29.9 Å². The van der Waals surface area contributed by atoms with Crippen molar-refractivity contribution in [3.8, 4) is 11.5 Å². The molecular weight excluding hydrogens is 350 g/mol. The minimum atomic E-state index is -3.47. The van der Waals surface area contributed by atoms with Crippen LogP contribution in [0.15, 0.2) is 34.9 Å². The van der Waals surface area contributed by atoms with Crippen LogP contribution in [0, 0.1) is 0 Å². The molecule has 1 N–H and O–H groups in total. The van der Waals surface area contributed by atoms with Crippen molar-refractivity contribution in [3.05, 3.63) is 41.2 Å². The number of aliphatic hydroxyl groups is 1. The number of aromatic nitrogens is 1.